The number of hydrogen-bond acceptors (Lipinski definition) is 5. The molecule has 108 valence electrons. The maximum Gasteiger partial charge on any atom is 0.270 e. The molecule has 1 aromatic rings. The summed E-state index contributed by atoms with van der Waals surface area (Å²) in [6, 6.07) is 3.82. The predicted octanol–water partition coefficient (Wildman–Crippen LogP) is 1.25. The summed E-state index contributed by atoms with van der Waals surface area (Å²) in [6.45, 7) is 0.137. The Bertz CT molecular complexity index is 540. The Morgan fingerprint density at radius 1 is 1.55 bits per heavy atom. The number of methoxy groups -OCH3 is 1. The Balaban J connectivity index is 2.14. The van der Waals surface area contributed by atoms with Gasteiger partial charge in [-0.2, -0.15) is 0 Å². The lowest BCUT2D eigenvalue weighted by Gasteiger charge is -2.36. The van der Waals surface area contributed by atoms with E-state index in [9.17, 15) is 20.0 Å². The van der Waals surface area contributed by atoms with E-state index >= 15 is 0 Å². The van der Waals surface area contributed by atoms with Crippen LogP contribution in [0.5, 0.6) is 5.75 Å². The van der Waals surface area contributed by atoms with E-state index in [-0.39, 0.29) is 23.5 Å². The van der Waals surface area contributed by atoms with Crippen molar-refractivity contribution in [3.05, 3.63) is 33.9 Å². The lowest BCUT2D eigenvalue weighted by Crippen LogP contribution is -2.47. The van der Waals surface area contributed by atoms with Crippen LogP contribution in [0.2, 0.25) is 0 Å². The normalized spacial score (nSPS) is 16.1. The van der Waals surface area contributed by atoms with Gasteiger partial charge in [-0.3, -0.25) is 14.9 Å². The molecule has 0 spiro atoms. The molecule has 1 saturated carbocycles. The molecule has 2 N–H and O–H groups in total. The van der Waals surface area contributed by atoms with Gasteiger partial charge in [0.25, 0.3) is 11.6 Å². The Kier molecular flexibility index (Phi) is 3.89. The molecule has 0 aromatic heterocycles. The van der Waals surface area contributed by atoms with Crippen LogP contribution < -0.4 is 10.1 Å². The molecule has 1 fully saturated rings. The summed E-state index contributed by atoms with van der Waals surface area (Å²) in [7, 11) is 1.39. The van der Waals surface area contributed by atoms with Crippen molar-refractivity contribution in [1.82, 2.24) is 5.32 Å². The molecule has 0 unspecified atom stereocenters. The Hall–Kier alpha value is -2.15. The van der Waals surface area contributed by atoms with E-state index in [2.05, 4.69) is 5.32 Å². The predicted molar refractivity (Wildman–Crippen MR) is 70.8 cm³/mol. The number of rotatable bonds is 5. The smallest absolute Gasteiger partial charge is 0.270 e. The number of non-ortho nitro benzene ring substituents is 1. The molecule has 0 atom stereocenters. The number of carbonyl (C=O) groups excluding carboxylic acids is 1. The molecular weight excluding hydrogens is 264 g/mol. The summed E-state index contributed by atoms with van der Waals surface area (Å²) in [4.78, 5) is 22.2. The van der Waals surface area contributed by atoms with Crippen LogP contribution in [0.15, 0.2) is 18.2 Å². The third-order valence-electron chi connectivity index (χ3n) is 3.50. The van der Waals surface area contributed by atoms with Gasteiger partial charge in [0.15, 0.2) is 0 Å². The summed E-state index contributed by atoms with van der Waals surface area (Å²) in [6.07, 6.45) is 2.24. The summed E-state index contributed by atoms with van der Waals surface area (Å²) in [5.74, 6) is -0.237. The number of hydrogen-bond donors (Lipinski definition) is 2. The fraction of sp³-hybridized carbons (Fsp3) is 0.462. The van der Waals surface area contributed by atoms with Gasteiger partial charge in [0, 0.05) is 18.7 Å². The number of aliphatic hydroxyl groups is 1. The molecule has 7 heteroatoms. The van der Waals surface area contributed by atoms with Crippen molar-refractivity contribution in [2.24, 2.45) is 0 Å². The zero-order valence-corrected chi connectivity index (χ0v) is 11.1. The number of nitrogens with zero attached hydrogens (tertiary/aromatic N) is 1. The van der Waals surface area contributed by atoms with Gasteiger partial charge in [-0.1, -0.05) is 0 Å². The number of carbonyl (C=O) groups is 1. The third kappa shape index (κ3) is 2.88. The molecule has 0 aliphatic heterocycles. The highest BCUT2D eigenvalue weighted by molar-refractivity contribution is 5.97. The Morgan fingerprint density at radius 2 is 2.25 bits per heavy atom. The van der Waals surface area contributed by atoms with Gasteiger partial charge in [0.2, 0.25) is 0 Å². The van der Waals surface area contributed by atoms with Crippen LogP contribution in [0, 0.1) is 10.1 Å². The molecule has 7 nitrogen and oxygen atoms in total. The SMILES string of the molecule is COc1ccc([N+](=O)[O-])cc1C(=O)NCC1(O)CCC1. The Labute approximate surface area is 115 Å². The minimum absolute atomic E-state index is 0.0876. The summed E-state index contributed by atoms with van der Waals surface area (Å²) in [5.41, 5.74) is -0.938. The topological polar surface area (TPSA) is 102 Å². The van der Waals surface area contributed by atoms with Crippen molar-refractivity contribution in [3.63, 3.8) is 0 Å². The van der Waals surface area contributed by atoms with Crippen molar-refractivity contribution in [3.8, 4) is 5.75 Å². The van der Waals surface area contributed by atoms with E-state index in [0.717, 1.165) is 6.42 Å². The van der Waals surface area contributed by atoms with Crippen LogP contribution in [0.25, 0.3) is 0 Å². The van der Waals surface area contributed by atoms with Crippen LogP contribution in [0.4, 0.5) is 5.69 Å². The van der Waals surface area contributed by atoms with Gasteiger partial charge in [-0.15, -0.1) is 0 Å². The standard InChI is InChI=1S/C13H16N2O5/c1-20-11-4-3-9(15(18)19)7-10(11)12(16)14-8-13(17)5-2-6-13/h3-4,7,17H,2,5-6,8H2,1H3,(H,14,16). The quantitative estimate of drug-likeness (QED) is 0.624. The first-order valence-electron chi connectivity index (χ1n) is 6.28. The number of nitro benzene ring substituents is 1. The third-order valence-corrected chi connectivity index (χ3v) is 3.50. The van der Waals surface area contributed by atoms with Gasteiger partial charge in [-0.05, 0) is 25.3 Å². The minimum Gasteiger partial charge on any atom is -0.496 e. The van der Waals surface area contributed by atoms with Crippen molar-refractivity contribution >= 4 is 11.6 Å². The highest BCUT2D eigenvalue weighted by Crippen LogP contribution is 2.31. The van der Waals surface area contributed by atoms with Crippen molar-refractivity contribution in [2.75, 3.05) is 13.7 Å². The van der Waals surface area contributed by atoms with Crippen LogP contribution >= 0.6 is 0 Å². The van der Waals surface area contributed by atoms with E-state index in [1.807, 2.05) is 0 Å². The molecule has 0 radical (unpaired) electrons. The summed E-state index contributed by atoms with van der Waals surface area (Å²) >= 11 is 0. The van der Waals surface area contributed by atoms with Crippen LogP contribution in [-0.2, 0) is 0 Å². The van der Waals surface area contributed by atoms with E-state index in [1.54, 1.807) is 0 Å². The van der Waals surface area contributed by atoms with Gasteiger partial charge < -0.3 is 15.2 Å². The number of benzene rings is 1. The van der Waals surface area contributed by atoms with Gasteiger partial charge in [0.1, 0.15) is 5.75 Å². The number of nitrogens with one attached hydrogen (secondary N) is 1. The van der Waals surface area contributed by atoms with E-state index < -0.39 is 16.4 Å². The monoisotopic (exact) mass is 280 g/mol. The van der Waals surface area contributed by atoms with E-state index in [4.69, 9.17) is 4.74 Å². The second-order valence-electron chi connectivity index (χ2n) is 4.90. The first-order chi connectivity index (χ1) is 9.45. The zero-order valence-electron chi connectivity index (χ0n) is 11.1. The van der Waals surface area contributed by atoms with Gasteiger partial charge in [-0.25, -0.2) is 0 Å². The zero-order chi connectivity index (χ0) is 14.8. The number of amides is 1. The molecule has 1 amide bonds. The van der Waals surface area contributed by atoms with Crippen LogP contribution in [-0.4, -0.2) is 35.2 Å². The molecule has 0 bridgehead atoms. The largest absolute Gasteiger partial charge is 0.496 e. The van der Waals surface area contributed by atoms with Crippen molar-refractivity contribution < 1.29 is 19.6 Å². The van der Waals surface area contributed by atoms with E-state index in [0.29, 0.717) is 12.8 Å². The highest BCUT2D eigenvalue weighted by Gasteiger charge is 2.34. The highest BCUT2D eigenvalue weighted by atomic mass is 16.6. The van der Waals surface area contributed by atoms with Crippen LogP contribution in [0.1, 0.15) is 29.6 Å². The fourth-order valence-corrected chi connectivity index (χ4v) is 2.09. The molecule has 0 heterocycles. The van der Waals surface area contributed by atoms with Crippen molar-refractivity contribution in [1.29, 1.82) is 0 Å². The van der Waals surface area contributed by atoms with Gasteiger partial charge in [0.05, 0.1) is 23.2 Å². The first-order valence-corrected chi connectivity index (χ1v) is 6.28. The first kappa shape index (κ1) is 14.3. The van der Waals surface area contributed by atoms with E-state index in [1.165, 1.54) is 25.3 Å². The fourth-order valence-electron chi connectivity index (χ4n) is 2.09. The maximum absolute atomic E-state index is 12.1. The molecule has 20 heavy (non-hydrogen) atoms. The minimum atomic E-state index is -0.844. The summed E-state index contributed by atoms with van der Waals surface area (Å²) < 4.78 is 5.03. The second-order valence-corrected chi connectivity index (χ2v) is 4.90. The number of ether oxygens (including phenoxy) is 1. The lowest BCUT2D eigenvalue weighted by molar-refractivity contribution is -0.384. The number of nitro groups is 1. The second kappa shape index (κ2) is 5.46. The molecule has 2 rings (SSSR count). The average Bonchev–Trinajstić information content (AvgIpc) is 2.41. The molecule has 1 aliphatic rings. The Morgan fingerprint density at radius 3 is 2.75 bits per heavy atom. The lowest BCUT2D eigenvalue weighted by atomic mass is 9.80. The molecular formula is C13H16N2O5. The van der Waals surface area contributed by atoms with Gasteiger partial charge >= 0.3 is 0 Å². The van der Waals surface area contributed by atoms with Crippen molar-refractivity contribution in [2.45, 2.75) is 24.9 Å². The summed E-state index contributed by atoms with van der Waals surface area (Å²) in [5, 5.41) is 23.3. The molecule has 0 saturated heterocycles. The van der Waals surface area contributed by atoms with Crippen LogP contribution in [0.3, 0.4) is 0 Å². The molecule has 1 aromatic carbocycles. The average molecular weight is 280 g/mol. The maximum atomic E-state index is 12.1. The molecule has 1 aliphatic carbocycles.